The molecule has 2 unspecified atom stereocenters. The van der Waals surface area contributed by atoms with E-state index in [9.17, 15) is 14.4 Å². The number of carboxylic acids is 1. The minimum Gasteiger partial charge on any atom is -0.480 e. The van der Waals surface area contributed by atoms with E-state index in [2.05, 4.69) is 5.10 Å². The molecule has 136 valence electrons. The van der Waals surface area contributed by atoms with Crippen molar-refractivity contribution in [2.75, 3.05) is 7.11 Å². The van der Waals surface area contributed by atoms with Crippen LogP contribution in [-0.4, -0.2) is 50.8 Å². The van der Waals surface area contributed by atoms with E-state index in [1.807, 2.05) is 24.3 Å². The molecule has 1 aromatic heterocycles. The van der Waals surface area contributed by atoms with Gasteiger partial charge in [0.1, 0.15) is 17.8 Å². The molecule has 1 aliphatic heterocycles. The number of rotatable bonds is 4. The van der Waals surface area contributed by atoms with Gasteiger partial charge in [-0.2, -0.15) is 5.10 Å². The van der Waals surface area contributed by atoms with Crippen LogP contribution in [0.3, 0.4) is 0 Å². The van der Waals surface area contributed by atoms with Gasteiger partial charge in [-0.05, 0) is 24.1 Å². The first-order valence-electron chi connectivity index (χ1n) is 8.16. The number of esters is 1. The van der Waals surface area contributed by atoms with Crippen molar-refractivity contribution >= 4 is 17.8 Å². The van der Waals surface area contributed by atoms with E-state index in [0.717, 1.165) is 11.1 Å². The molecule has 0 saturated heterocycles. The van der Waals surface area contributed by atoms with Gasteiger partial charge in [-0.15, -0.1) is 0 Å². The van der Waals surface area contributed by atoms with E-state index in [1.54, 1.807) is 0 Å². The van der Waals surface area contributed by atoms with Crippen molar-refractivity contribution in [1.82, 2.24) is 14.7 Å². The molecule has 2 heterocycles. The molecule has 2 aromatic rings. The van der Waals surface area contributed by atoms with Crippen LogP contribution in [0, 0.1) is 0 Å². The van der Waals surface area contributed by atoms with Crippen LogP contribution in [0.5, 0.6) is 0 Å². The normalized spacial score (nSPS) is 17.3. The first kappa shape index (κ1) is 17.7. The molecule has 1 N–H and O–H groups in total. The van der Waals surface area contributed by atoms with Crippen LogP contribution < -0.4 is 0 Å². The monoisotopic (exact) mass is 357 g/mol. The smallest absolute Gasteiger partial charge is 0.328 e. The fourth-order valence-corrected chi connectivity index (χ4v) is 3.01. The Morgan fingerprint density at radius 2 is 1.92 bits per heavy atom. The van der Waals surface area contributed by atoms with E-state index >= 15 is 0 Å². The topological polar surface area (TPSA) is 102 Å². The van der Waals surface area contributed by atoms with Gasteiger partial charge in [0.05, 0.1) is 7.11 Å². The zero-order chi connectivity index (χ0) is 18.8. The highest BCUT2D eigenvalue weighted by Gasteiger charge is 2.36. The second-order valence-electron chi connectivity index (χ2n) is 6.14. The number of amides is 1. The molecule has 26 heavy (non-hydrogen) atoms. The van der Waals surface area contributed by atoms with Gasteiger partial charge in [0.2, 0.25) is 0 Å². The second kappa shape index (κ2) is 6.99. The van der Waals surface area contributed by atoms with Gasteiger partial charge in [0.15, 0.2) is 0 Å². The Kier molecular flexibility index (Phi) is 4.75. The number of benzene rings is 1. The van der Waals surface area contributed by atoms with Gasteiger partial charge in [-0.3, -0.25) is 9.48 Å². The summed E-state index contributed by atoms with van der Waals surface area (Å²) in [6.07, 6.45) is 1.80. The van der Waals surface area contributed by atoms with Crippen molar-refractivity contribution in [2.45, 2.75) is 32.0 Å². The quantitative estimate of drug-likeness (QED) is 0.827. The highest BCUT2D eigenvalue weighted by atomic mass is 16.5. The Bertz CT molecular complexity index is 860. The number of carboxylic acid groups (broad SMARTS) is 1. The third-order valence-corrected chi connectivity index (χ3v) is 4.56. The molecule has 1 aromatic carbocycles. The second-order valence-corrected chi connectivity index (χ2v) is 6.14. The lowest BCUT2D eigenvalue weighted by molar-refractivity contribution is -0.146. The first-order valence-corrected chi connectivity index (χ1v) is 8.16. The summed E-state index contributed by atoms with van der Waals surface area (Å²) in [6.45, 7) is 1.73. The van der Waals surface area contributed by atoms with Gasteiger partial charge in [0.25, 0.3) is 5.91 Å². The summed E-state index contributed by atoms with van der Waals surface area (Å²) >= 11 is 0. The number of ether oxygens (including phenoxy) is 1. The summed E-state index contributed by atoms with van der Waals surface area (Å²) in [5.41, 5.74) is 2.04. The van der Waals surface area contributed by atoms with E-state index in [0.29, 0.717) is 6.42 Å². The van der Waals surface area contributed by atoms with Crippen LogP contribution in [-0.2, 0) is 27.3 Å². The molecule has 8 heteroatoms. The van der Waals surface area contributed by atoms with E-state index in [1.165, 1.54) is 35.9 Å². The molecule has 0 radical (unpaired) electrons. The molecule has 0 spiro atoms. The van der Waals surface area contributed by atoms with Crippen LogP contribution in [0.15, 0.2) is 36.5 Å². The Morgan fingerprint density at radius 1 is 1.23 bits per heavy atom. The fraction of sp³-hybridized carbons (Fsp3) is 0.333. The lowest BCUT2D eigenvalue weighted by Gasteiger charge is -2.34. The molecule has 1 aliphatic rings. The zero-order valence-corrected chi connectivity index (χ0v) is 14.5. The lowest BCUT2D eigenvalue weighted by Crippen LogP contribution is -2.49. The maximum atomic E-state index is 12.9. The molecule has 1 amide bonds. The van der Waals surface area contributed by atoms with E-state index in [-0.39, 0.29) is 12.2 Å². The number of hydrogen-bond acceptors (Lipinski definition) is 5. The summed E-state index contributed by atoms with van der Waals surface area (Å²) in [5, 5.41) is 13.1. The van der Waals surface area contributed by atoms with Gasteiger partial charge in [-0.25, -0.2) is 9.59 Å². The van der Waals surface area contributed by atoms with Gasteiger partial charge in [0, 0.05) is 19.2 Å². The molecule has 0 fully saturated rings. The van der Waals surface area contributed by atoms with Crippen molar-refractivity contribution in [1.29, 1.82) is 0 Å². The number of aromatic nitrogens is 2. The highest BCUT2D eigenvalue weighted by Crippen LogP contribution is 2.25. The van der Waals surface area contributed by atoms with Gasteiger partial charge >= 0.3 is 11.9 Å². The summed E-state index contributed by atoms with van der Waals surface area (Å²) < 4.78 is 6.07. The van der Waals surface area contributed by atoms with Crippen molar-refractivity contribution in [3.05, 3.63) is 53.3 Å². The van der Waals surface area contributed by atoms with Crippen LogP contribution in [0.4, 0.5) is 0 Å². The Morgan fingerprint density at radius 3 is 2.58 bits per heavy atom. The van der Waals surface area contributed by atoms with Crippen molar-refractivity contribution < 1.29 is 24.2 Å². The highest BCUT2D eigenvalue weighted by molar-refractivity contribution is 5.95. The maximum Gasteiger partial charge on any atom is 0.328 e. The minimum atomic E-state index is -1.05. The standard InChI is InChI=1S/C18H19N3O5/c1-11(17(23)24)21-8-7-14(19-21)16(22)20-10-13-6-4-3-5-12(13)9-15(20)18(25)26-2/h3-8,11,15H,9-10H2,1-2H3,(H,23,24). The molecule has 2 atom stereocenters. The number of fused-ring (bicyclic) bond motifs is 1. The third kappa shape index (κ3) is 3.17. The van der Waals surface area contributed by atoms with Crippen LogP contribution in [0.25, 0.3) is 0 Å². The maximum absolute atomic E-state index is 12.9. The lowest BCUT2D eigenvalue weighted by atomic mass is 9.93. The average Bonchev–Trinajstić information content (AvgIpc) is 3.15. The summed E-state index contributed by atoms with van der Waals surface area (Å²) in [4.78, 5) is 37.7. The van der Waals surface area contributed by atoms with Crippen LogP contribution >= 0.6 is 0 Å². The van der Waals surface area contributed by atoms with E-state index < -0.39 is 29.9 Å². The third-order valence-electron chi connectivity index (χ3n) is 4.56. The molecule has 8 nitrogen and oxygen atoms in total. The Hall–Kier alpha value is -3.16. The predicted molar refractivity (Wildman–Crippen MR) is 90.4 cm³/mol. The number of nitrogens with zero attached hydrogens (tertiary/aromatic N) is 3. The number of hydrogen-bond donors (Lipinski definition) is 1. The number of aliphatic carboxylic acids is 1. The molecule has 3 rings (SSSR count). The number of methoxy groups -OCH3 is 1. The predicted octanol–water partition coefficient (Wildman–Crippen LogP) is 1.27. The molecular formula is C18H19N3O5. The molecule has 0 aliphatic carbocycles. The Labute approximate surface area is 150 Å². The fourth-order valence-electron chi connectivity index (χ4n) is 3.01. The van der Waals surface area contributed by atoms with Gasteiger partial charge < -0.3 is 14.7 Å². The number of carbonyl (C=O) groups is 3. The van der Waals surface area contributed by atoms with Crippen molar-refractivity contribution in [3.63, 3.8) is 0 Å². The summed E-state index contributed by atoms with van der Waals surface area (Å²) in [5.74, 6) is -1.98. The summed E-state index contributed by atoms with van der Waals surface area (Å²) in [6, 6.07) is 7.42. The average molecular weight is 357 g/mol. The first-order chi connectivity index (χ1) is 12.4. The number of carbonyl (C=O) groups excluding carboxylic acids is 2. The largest absolute Gasteiger partial charge is 0.480 e. The van der Waals surface area contributed by atoms with Crippen LogP contribution in [0.2, 0.25) is 0 Å². The molecule has 0 saturated carbocycles. The molecular weight excluding hydrogens is 338 g/mol. The van der Waals surface area contributed by atoms with E-state index in [4.69, 9.17) is 9.84 Å². The zero-order valence-electron chi connectivity index (χ0n) is 14.5. The van der Waals surface area contributed by atoms with Crippen molar-refractivity contribution in [3.8, 4) is 0 Å². The summed E-state index contributed by atoms with van der Waals surface area (Å²) in [7, 11) is 1.29. The Balaban J connectivity index is 1.91. The minimum absolute atomic E-state index is 0.0892. The SMILES string of the molecule is COC(=O)C1Cc2ccccc2CN1C(=O)c1ccn(C(C)C(=O)O)n1. The molecule has 0 bridgehead atoms. The van der Waals surface area contributed by atoms with Crippen LogP contribution in [0.1, 0.15) is 34.6 Å². The van der Waals surface area contributed by atoms with Gasteiger partial charge in [-0.1, -0.05) is 24.3 Å². The van der Waals surface area contributed by atoms with Crippen molar-refractivity contribution in [2.24, 2.45) is 0 Å².